The smallest absolute Gasteiger partial charge is 0.266 e. The van der Waals surface area contributed by atoms with Crippen LogP contribution in [0.2, 0.25) is 0 Å². The summed E-state index contributed by atoms with van der Waals surface area (Å²) in [7, 11) is 0. The number of carbonyl (C=O) groups is 1. The molecule has 3 aromatic rings. The Morgan fingerprint density at radius 2 is 1.79 bits per heavy atom. The van der Waals surface area contributed by atoms with Crippen molar-refractivity contribution < 1.29 is 9.53 Å². The summed E-state index contributed by atoms with van der Waals surface area (Å²) in [6, 6.07) is 26.6. The monoisotopic (exact) mass is 480 g/mol. The van der Waals surface area contributed by atoms with Crippen molar-refractivity contribution in [2.24, 2.45) is 0 Å². The molecular weight excluding hydrogens is 463 g/mol. The Kier molecular flexibility index (Phi) is 6.82. The van der Waals surface area contributed by atoms with Gasteiger partial charge in [0, 0.05) is 3.57 Å². The summed E-state index contributed by atoms with van der Waals surface area (Å²) in [4.78, 5) is 12.5. The first-order valence-electron chi connectivity index (χ1n) is 8.60. The SMILES string of the molecule is N#C/C(=C/c1cccc(OCc2ccccc2)c1)C(=O)Nc1ccccc1I. The molecule has 0 saturated heterocycles. The molecule has 0 heterocycles. The number of nitriles is 1. The van der Waals surface area contributed by atoms with Gasteiger partial charge in [0.05, 0.1) is 5.69 Å². The lowest BCUT2D eigenvalue weighted by molar-refractivity contribution is -0.112. The predicted molar refractivity (Wildman–Crippen MR) is 119 cm³/mol. The molecule has 4 nitrogen and oxygen atoms in total. The molecule has 0 bridgehead atoms. The third kappa shape index (κ3) is 5.44. The molecule has 0 aliphatic rings. The second kappa shape index (κ2) is 9.72. The van der Waals surface area contributed by atoms with Crippen LogP contribution in [-0.4, -0.2) is 5.91 Å². The molecule has 0 unspecified atom stereocenters. The topological polar surface area (TPSA) is 62.1 Å². The molecule has 0 saturated carbocycles. The molecule has 0 fully saturated rings. The molecule has 1 amide bonds. The van der Waals surface area contributed by atoms with Crippen LogP contribution in [0.25, 0.3) is 6.08 Å². The number of ether oxygens (including phenoxy) is 1. The first kappa shape index (κ1) is 19.6. The summed E-state index contributed by atoms with van der Waals surface area (Å²) in [5.74, 6) is 0.232. The third-order valence-corrected chi connectivity index (χ3v) is 4.85. The van der Waals surface area contributed by atoms with Crippen LogP contribution in [0.15, 0.2) is 84.4 Å². The number of para-hydroxylation sites is 1. The lowest BCUT2D eigenvalue weighted by Gasteiger charge is -2.08. The van der Waals surface area contributed by atoms with Crippen molar-refractivity contribution in [3.63, 3.8) is 0 Å². The molecule has 28 heavy (non-hydrogen) atoms. The number of nitrogens with one attached hydrogen (secondary N) is 1. The van der Waals surface area contributed by atoms with E-state index in [-0.39, 0.29) is 5.57 Å². The van der Waals surface area contributed by atoms with Gasteiger partial charge in [-0.05, 0) is 64.1 Å². The Balaban J connectivity index is 1.72. The van der Waals surface area contributed by atoms with Crippen molar-refractivity contribution in [3.8, 4) is 11.8 Å². The second-order valence-corrected chi connectivity index (χ2v) is 7.11. The molecule has 0 aliphatic carbocycles. The van der Waals surface area contributed by atoms with Crippen LogP contribution in [-0.2, 0) is 11.4 Å². The summed E-state index contributed by atoms with van der Waals surface area (Å²) in [5.41, 5.74) is 2.49. The Morgan fingerprint density at radius 1 is 1.04 bits per heavy atom. The van der Waals surface area contributed by atoms with E-state index in [4.69, 9.17) is 4.74 Å². The van der Waals surface area contributed by atoms with Crippen molar-refractivity contribution in [2.75, 3.05) is 5.32 Å². The fourth-order valence-corrected chi connectivity index (χ4v) is 3.02. The van der Waals surface area contributed by atoms with E-state index in [0.29, 0.717) is 18.0 Å². The third-order valence-electron chi connectivity index (χ3n) is 3.90. The largest absolute Gasteiger partial charge is 0.489 e. The summed E-state index contributed by atoms with van der Waals surface area (Å²) in [6.07, 6.45) is 1.56. The van der Waals surface area contributed by atoms with Gasteiger partial charge in [-0.2, -0.15) is 5.26 Å². The van der Waals surface area contributed by atoms with Gasteiger partial charge in [0.2, 0.25) is 0 Å². The van der Waals surface area contributed by atoms with Crippen LogP contribution in [0.1, 0.15) is 11.1 Å². The normalized spacial score (nSPS) is 10.8. The van der Waals surface area contributed by atoms with Crippen molar-refractivity contribution in [1.82, 2.24) is 0 Å². The quantitative estimate of drug-likeness (QED) is 0.291. The van der Waals surface area contributed by atoms with Gasteiger partial charge in [0.1, 0.15) is 24.0 Å². The van der Waals surface area contributed by atoms with E-state index in [0.717, 1.165) is 14.7 Å². The predicted octanol–water partition coefficient (Wildman–Crippen LogP) is 5.42. The van der Waals surface area contributed by atoms with Crippen molar-refractivity contribution >= 4 is 40.3 Å². The Morgan fingerprint density at radius 3 is 2.54 bits per heavy atom. The van der Waals surface area contributed by atoms with Crippen molar-refractivity contribution in [1.29, 1.82) is 5.26 Å². The Bertz CT molecular complexity index is 1040. The molecule has 5 heteroatoms. The molecule has 3 aromatic carbocycles. The molecule has 0 spiro atoms. The highest BCUT2D eigenvalue weighted by Crippen LogP contribution is 2.20. The minimum Gasteiger partial charge on any atom is -0.489 e. The highest BCUT2D eigenvalue weighted by Gasteiger charge is 2.11. The van der Waals surface area contributed by atoms with Gasteiger partial charge in [-0.1, -0.05) is 54.6 Å². The summed E-state index contributed by atoms with van der Waals surface area (Å²) >= 11 is 2.14. The minimum atomic E-state index is -0.442. The van der Waals surface area contributed by atoms with Gasteiger partial charge < -0.3 is 10.1 Å². The number of anilines is 1. The second-order valence-electron chi connectivity index (χ2n) is 5.95. The van der Waals surface area contributed by atoms with Gasteiger partial charge in [-0.15, -0.1) is 0 Å². The lowest BCUT2D eigenvalue weighted by Crippen LogP contribution is -2.14. The summed E-state index contributed by atoms with van der Waals surface area (Å²) < 4.78 is 6.71. The first-order valence-corrected chi connectivity index (χ1v) is 9.68. The van der Waals surface area contributed by atoms with Crippen LogP contribution in [0.5, 0.6) is 5.75 Å². The molecule has 0 radical (unpaired) electrons. The number of amides is 1. The molecule has 138 valence electrons. The number of benzene rings is 3. The van der Waals surface area contributed by atoms with E-state index in [9.17, 15) is 10.1 Å². The number of rotatable bonds is 6. The first-order chi connectivity index (χ1) is 13.7. The standard InChI is InChI=1S/C23H17IN2O2/c24-21-11-4-5-12-22(21)26-23(27)19(15-25)13-18-9-6-10-20(14-18)28-16-17-7-2-1-3-8-17/h1-14H,16H2,(H,26,27)/b19-13-. The molecule has 3 rings (SSSR count). The van der Waals surface area contributed by atoms with Crippen LogP contribution in [0.4, 0.5) is 5.69 Å². The zero-order valence-corrected chi connectivity index (χ0v) is 17.1. The summed E-state index contributed by atoms with van der Waals surface area (Å²) in [6.45, 7) is 0.450. The van der Waals surface area contributed by atoms with Crippen LogP contribution >= 0.6 is 22.6 Å². The van der Waals surface area contributed by atoms with Gasteiger partial charge in [-0.25, -0.2) is 0 Å². The van der Waals surface area contributed by atoms with Crippen LogP contribution in [0.3, 0.4) is 0 Å². The van der Waals surface area contributed by atoms with E-state index < -0.39 is 5.91 Å². The Labute approximate surface area is 177 Å². The number of nitrogens with zero attached hydrogens (tertiary/aromatic N) is 1. The lowest BCUT2D eigenvalue weighted by atomic mass is 10.1. The van der Waals surface area contributed by atoms with Gasteiger partial charge in [0.25, 0.3) is 5.91 Å². The maximum atomic E-state index is 12.5. The average molecular weight is 480 g/mol. The van der Waals surface area contributed by atoms with Crippen molar-refractivity contribution in [3.05, 3.63) is 99.1 Å². The number of hydrogen-bond acceptors (Lipinski definition) is 3. The molecule has 1 N–H and O–H groups in total. The van der Waals surface area contributed by atoms with Crippen LogP contribution < -0.4 is 10.1 Å². The maximum Gasteiger partial charge on any atom is 0.266 e. The molecule has 0 aromatic heterocycles. The summed E-state index contributed by atoms with van der Waals surface area (Å²) in [5, 5.41) is 12.2. The number of halogens is 1. The fraction of sp³-hybridized carbons (Fsp3) is 0.0435. The Hall–Kier alpha value is -3.11. The number of hydrogen-bond donors (Lipinski definition) is 1. The zero-order valence-electron chi connectivity index (χ0n) is 14.9. The minimum absolute atomic E-state index is 0.0277. The van der Waals surface area contributed by atoms with E-state index in [2.05, 4.69) is 27.9 Å². The highest BCUT2D eigenvalue weighted by atomic mass is 127. The van der Waals surface area contributed by atoms with Crippen LogP contribution in [0, 0.1) is 14.9 Å². The van der Waals surface area contributed by atoms with Gasteiger partial charge >= 0.3 is 0 Å². The maximum absolute atomic E-state index is 12.5. The van der Waals surface area contributed by atoms with E-state index in [1.807, 2.05) is 72.8 Å². The van der Waals surface area contributed by atoms with E-state index >= 15 is 0 Å². The van der Waals surface area contributed by atoms with Gasteiger partial charge in [-0.3, -0.25) is 4.79 Å². The van der Waals surface area contributed by atoms with E-state index in [1.54, 1.807) is 18.2 Å². The van der Waals surface area contributed by atoms with Gasteiger partial charge in [0.15, 0.2) is 0 Å². The van der Waals surface area contributed by atoms with Crippen molar-refractivity contribution in [2.45, 2.75) is 6.61 Å². The molecule has 0 aliphatic heterocycles. The number of carbonyl (C=O) groups excluding carboxylic acids is 1. The molecule has 0 atom stereocenters. The average Bonchev–Trinajstić information content (AvgIpc) is 2.73. The van der Waals surface area contributed by atoms with E-state index in [1.165, 1.54) is 0 Å². The fourth-order valence-electron chi connectivity index (χ4n) is 2.50. The highest BCUT2D eigenvalue weighted by molar-refractivity contribution is 14.1. The zero-order chi connectivity index (χ0) is 19.8. The molecular formula is C23H17IN2O2.